The standard InChI is InChI=1S/C30H29ClFN3O5/c1-40-20-15-34(16-20)27(36)19-10-11-21-24(14-19)35(33-26(21)17-6-8-18(9-7-17)29(38)39)28(37)25-22(4-2-5-23(25)31)30(32)12-3-13-30/h2,4-6,10-11,14,18,20H,3,7-9,12-13,15-16H2,1H3,(H,38,39). The molecule has 2 aliphatic carbocycles. The maximum absolute atomic E-state index is 15.7. The van der Waals surface area contributed by atoms with Crippen molar-refractivity contribution in [1.29, 1.82) is 0 Å². The Morgan fingerprint density at radius 1 is 1.15 bits per heavy atom. The summed E-state index contributed by atoms with van der Waals surface area (Å²) < 4.78 is 22.2. The van der Waals surface area contributed by atoms with E-state index >= 15 is 4.39 Å². The van der Waals surface area contributed by atoms with E-state index in [1.807, 2.05) is 6.08 Å². The minimum Gasteiger partial charge on any atom is -0.481 e. The number of aromatic nitrogens is 2. The van der Waals surface area contributed by atoms with Crippen LogP contribution in [0.2, 0.25) is 5.02 Å². The van der Waals surface area contributed by atoms with Crippen LogP contribution < -0.4 is 0 Å². The maximum Gasteiger partial charge on any atom is 0.306 e. The molecule has 3 aromatic rings. The van der Waals surface area contributed by atoms with Crippen LogP contribution in [0.25, 0.3) is 16.5 Å². The summed E-state index contributed by atoms with van der Waals surface area (Å²) in [5.41, 5.74) is 0.862. The number of allylic oxidation sites excluding steroid dienone is 2. The molecule has 1 amide bonds. The van der Waals surface area contributed by atoms with E-state index in [2.05, 4.69) is 0 Å². The lowest BCUT2D eigenvalue weighted by atomic mass is 9.75. The third kappa shape index (κ3) is 4.41. The van der Waals surface area contributed by atoms with Crippen molar-refractivity contribution in [3.63, 3.8) is 0 Å². The first-order valence-corrected chi connectivity index (χ1v) is 13.9. The van der Waals surface area contributed by atoms with Crippen molar-refractivity contribution in [3.8, 4) is 0 Å². The molecule has 40 heavy (non-hydrogen) atoms. The van der Waals surface area contributed by atoms with Crippen LogP contribution in [0.5, 0.6) is 0 Å². The molecule has 2 aromatic carbocycles. The highest BCUT2D eigenvalue weighted by Gasteiger charge is 2.42. The Morgan fingerprint density at radius 3 is 2.55 bits per heavy atom. The lowest BCUT2D eigenvalue weighted by molar-refractivity contribution is -0.141. The highest BCUT2D eigenvalue weighted by molar-refractivity contribution is 6.34. The highest BCUT2D eigenvalue weighted by atomic mass is 35.5. The minimum absolute atomic E-state index is 0.00238. The van der Waals surface area contributed by atoms with Gasteiger partial charge in [0.15, 0.2) is 0 Å². The zero-order valence-corrected chi connectivity index (χ0v) is 22.8. The zero-order valence-electron chi connectivity index (χ0n) is 22.0. The molecule has 1 unspecified atom stereocenters. The van der Waals surface area contributed by atoms with E-state index in [0.29, 0.717) is 67.4 Å². The molecular weight excluding hydrogens is 537 g/mol. The van der Waals surface area contributed by atoms with Crippen LogP contribution in [-0.4, -0.2) is 63.9 Å². The second-order valence-corrected chi connectivity index (χ2v) is 11.3. The number of methoxy groups -OCH3 is 1. The molecule has 2 heterocycles. The minimum atomic E-state index is -1.63. The van der Waals surface area contributed by atoms with Gasteiger partial charge in [-0.15, -0.1) is 0 Å². The summed E-state index contributed by atoms with van der Waals surface area (Å²) in [6.45, 7) is 0.964. The summed E-state index contributed by atoms with van der Waals surface area (Å²) in [5.74, 6) is -2.07. The number of rotatable bonds is 6. The van der Waals surface area contributed by atoms with Crippen LogP contribution >= 0.6 is 11.6 Å². The number of amides is 1. The molecule has 208 valence electrons. The van der Waals surface area contributed by atoms with Gasteiger partial charge in [-0.2, -0.15) is 9.78 Å². The van der Waals surface area contributed by atoms with Crippen LogP contribution in [0.3, 0.4) is 0 Å². The van der Waals surface area contributed by atoms with Crippen molar-refractivity contribution >= 4 is 45.9 Å². The number of carboxylic acid groups (broad SMARTS) is 1. The number of halogens is 2. The fraction of sp³-hybridized carbons (Fsp3) is 0.400. The van der Waals surface area contributed by atoms with Crippen molar-refractivity contribution in [1.82, 2.24) is 14.7 Å². The molecule has 0 radical (unpaired) electrons. The fourth-order valence-electron chi connectivity index (χ4n) is 5.83. The van der Waals surface area contributed by atoms with Gasteiger partial charge < -0.3 is 14.7 Å². The van der Waals surface area contributed by atoms with Crippen LogP contribution in [0, 0.1) is 5.92 Å². The summed E-state index contributed by atoms with van der Waals surface area (Å²) in [5, 5.41) is 14.9. The molecule has 1 aromatic heterocycles. The monoisotopic (exact) mass is 565 g/mol. The lowest BCUT2D eigenvalue weighted by Crippen LogP contribution is -2.54. The Bertz CT molecular complexity index is 1570. The first-order valence-electron chi connectivity index (χ1n) is 13.5. The average Bonchev–Trinajstić information content (AvgIpc) is 3.29. The summed E-state index contributed by atoms with van der Waals surface area (Å²) in [6.07, 6.45) is 4.50. The maximum atomic E-state index is 15.7. The normalized spacial score (nSPS) is 20.5. The van der Waals surface area contributed by atoms with Gasteiger partial charge in [-0.05, 0) is 68.4 Å². The third-order valence-corrected chi connectivity index (χ3v) is 8.82. The van der Waals surface area contributed by atoms with Crippen molar-refractivity contribution in [2.75, 3.05) is 20.2 Å². The molecule has 2 fully saturated rings. The molecule has 6 rings (SSSR count). The number of alkyl halides is 1. The second kappa shape index (κ2) is 10.1. The number of carboxylic acids is 1. The molecule has 8 nitrogen and oxygen atoms in total. The zero-order chi connectivity index (χ0) is 28.2. The molecule has 1 saturated heterocycles. The van der Waals surface area contributed by atoms with Gasteiger partial charge in [0.1, 0.15) is 5.67 Å². The topological polar surface area (TPSA) is 102 Å². The van der Waals surface area contributed by atoms with Gasteiger partial charge in [0.05, 0.1) is 33.8 Å². The summed E-state index contributed by atoms with van der Waals surface area (Å²) in [4.78, 5) is 40.5. The predicted molar refractivity (Wildman–Crippen MR) is 147 cm³/mol. The summed E-state index contributed by atoms with van der Waals surface area (Å²) >= 11 is 6.52. The Kier molecular flexibility index (Phi) is 6.74. The number of carbonyl (C=O) groups excluding carboxylic acids is 2. The molecule has 1 N–H and O–H groups in total. The van der Waals surface area contributed by atoms with Crippen molar-refractivity contribution in [3.05, 3.63) is 69.9 Å². The van der Waals surface area contributed by atoms with E-state index in [1.54, 1.807) is 48.4 Å². The molecule has 1 saturated carbocycles. The Hall–Kier alpha value is -3.56. The summed E-state index contributed by atoms with van der Waals surface area (Å²) in [6, 6.07) is 9.92. The van der Waals surface area contributed by atoms with Crippen molar-refractivity contribution in [2.24, 2.45) is 5.92 Å². The number of nitrogens with zero attached hydrogens (tertiary/aromatic N) is 3. The first kappa shape index (κ1) is 26.7. The fourth-order valence-corrected chi connectivity index (χ4v) is 6.08. The molecule has 1 atom stereocenters. The van der Waals surface area contributed by atoms with Gasteiger partial charge in [0.25, 0.3) is 11.8 Å². The number of hydrogen-bond acceptors (Lipinski definition) is 5. The Morgan fingerprint density at radius 2 is 1.93 bits per heavy atom. The number of aliphatic carboxylic acids is 1. The largest absolute Gasteiger partial charge is 0.481 e. The SMILES string of the molecule is COC1CN(C(=O)c2ccc3c(C4=CCC(C(=O)O)CC4)nn(C(=O)c4c(Cl)cccc4C4(F)CCC4)c3c2)C1. The van der Waals surface area contributed by atoms with E-state index in [0.717, 1.165) is 12.0 Å². The van der Waals surface area contributed by atoms with Crippen molar-refractivity contribution < 1.29 is 28.6 Å². The van der Waals surface area contributed by atoms with Gasteiger partial charge in [0, 0.05) is 36.7 Å². The highest BCUT2D eigenvalue weighted by Crippen LogP contribution is 2.47. The molecule has 0 spiro atoms. The quantitative estimate of drug-likeness (QED) is 0.425. The van der Waals surface area contributed by atoms with Gasteiger partial charge in [0.2, 0.25) is 0 Å². The van der Waals surface area contributed by atoms with Crippen LogP contribution in [-0.2, 0) is 15.2 Å². The number of carbonyl (C=O) groups is 3. The van der Waals surface area contributed by atoms with E-state index in [-0.39, 0.29) is 28.2 Å². The smallest absolute Gasteiger partial charge is 0.306 e. The summed E-state index contributed by atoms with van der Waals surface area (Å²) in [7, 11) is 1.61. The van der Waals surface area contributed by atoms with Gasteiger partial charge in [-0.1, -0.05) is 29.8 Å². The van der Waals surface area contributed by atoms with Gasteiger partial charge in [-0.3, -0.25) is 14.4 Å². The molecule has 1 aliphatic heterocycles. The molecule has 10 heteroatoms. The van der Waals surface area contributed by atoms with Crippen LogP contribution in [0.4, 0.5) is 4.39 Å². The van der Waals surface area contributed by atoms with Crippen LogP contribution in [0.1, 0.15) is 70.5 Å². The Labute approximate surface area is 235 Å². The number of benzene rings is 2. The number of hydrogen-bond donors (Lipinski definition) is 1. The molecule has 0 bridgehead atoms. The first-order chi connectivity index (χ1) is 19.2. The van der Waals surface area contributed by atoms with E-state index < -0.39 is 23.5 Å². The van der Waals surface area contributed by atoms with E-state index in [9.17, 15) is 19.5 Å². The second-order valence-electron chi connectivity index (χ2n) is 10.9. The van der Waals surface area contributed by atoms with E-state index in [4.69, 9.17) is 21.4 Å². The number of ether oxygens (including phenoxy) is 1. The predicted octanol–water partition coefficient (Wildman–Crippen LogP) is 5.47. The third-order valence-electron chi connectivity index (χ3n) is 8.51. The number of likely N-dealkylation sites (tertiary alicyclic amines) is 1. The van der Waals surface area contributed by atoms with Gasteiger partial charge >= 0.3 is 5.97 Å². The van der Waals surface area contributed by atoms with Crippen LogP contribution in [0.15, 0.2) is 42.5 Å². The van der Waals surface area contributed by atoms with Crippen molar-refractivity contribution in [2.45, 2.75) is 50.3 Å². The average molecular weight is 566 g/mol. The molecular formula is C30H29ClFN3O5. The molecule has 3 aliphatic rings. The lowest BCUT2D eigenvalue weighted by Gasteiger charge is -2.38. The van der Waals surface area contributed by atoms with Gasteiger partial charge in [-0.25, -0.2) is 4.39 Å². The Balaban J connectivity index is 1.46. The number of fused-ring (bicyclic) bond motifs is 1. The van der Waals surface area contributed by atoms with E-state index in [1.165, 1.54) is 4.68 Å².